The molecule has 2 unspecified atom stereocenters. The maximum absolute atomic E-state index is 12.7. The first kappa shape index (κ1) is 18.4. The molecule has 2 aliphatic carbocycles. The molecule has 2 aromatic carbocycles. The molecule has 0 radical (unpaired) electrons. The molecule has 4 nitrogen and oxygen atoms in total. The minimum absolute atomic E-state index is 0.0642. The summed E-state index contributed by atoms with van der Waals surface area (Å²) in [6.07, 6.45) is 4.56. The predicted octanol–water partition coefficient (Wildman–Crippen LogP) is 5.66. The molecule has 0 amide bonds. The number of hydrogen-bond donors (Lipinski definition) is 1. The van der Waals surface area contributed by atoms with Gasteiger partial charge in [-0.05, 0) is 76.4 Å². The van der Waals surface area contributed by atoms with Gasteiger partial charge in [0.1, 0.15) is 5.75 Å². The maximum atomic E-state index is 12.7. The number of rotatable bonds is 0. The molecule has 3 aliphatic rings. The number of fused-ring (bicyclic) bond motifs is 7. The largest absolute Gasteiger partial charge is 0.527 e. The summed E-state index contributed by atoms with van der Waals surface area (Å²) >= 11 is 7.32. The fourth-order valence-electron chi connectivity index (χ4n) is 4.77. The van der Waals surface area contributed by atoms with Crippen molar-refractivity contribution in [1.82, 2.24) is 0 Å². The van der Waals surface area contributed by atoms with E-state index in [4.69, 9.17) is 9.05 Å². The Morgan fingerprint density at radius 2 is 1.93 bits per heavy atom. The fraction of sp³-hybridized carbons (Fsp3) is 0.400. The van der Waals surface area contributed by atoms with Crippen molar-refractivity contribution in [1.29, 1.82) is 0 Å². The van der Waals surface area contributed by atoms with E-state index >= 15 is 0 Å². The Kier molecular flexibility index (Phi) is 4.56. The van der Waals surface area contributed by atoms with Gasteiger partial charge in [-0.1, -0.05) is 40.2 Å². The van der Waals surface area contributed by atoms with Crippen molar-refractivity contribution in [2.24, 2.45) is 0 Å². The van der Waals surface area contributed by atoms with Crippen molar-refractivity contribution in [3.63, 3.8) is 0 Å². The second-order valence-electron chi connectivity index (χ2n) is 7.47. The van der Waals surface area contributed by atoms with Crippen LogP contribution in [0.1, 0.15) is 46.6 Å². The number of alkyl halides is 1. The van der Waals surface area contributed by atoms with Crippen LogP contribution in [0.25, 0.3) is 0 Å². The topological polar surface area (TPSA) is 55.8 Å². The summed E-state index contributed by atoms with van der Waals surface area (Å²) in [4.78, 5) is 10.3. The van der Waals surface area contributed by atoms with E-state index in [1.54, 1.807) is 0 Å². The van der Waals surface area contributed by atoms with Crippen LogP contribution in [0.5, 0.6) is 5.75 Å². The maximum Gasteiger partial charge on any atom is 0.527 e. The van der Waals surface area contributed by atoms with Crippen LogP contribution in [0.3, 0.4) is 0 Å². The van der Waals surface area contributed by atoms with E-state index in [9.17, 15) is 9.46 Å². The van der Waals surface area contributed by atoms with Gasteiger partial charge in [0.2, 0.25) is 0 Å². The third-order valence-corrected chi connectivity index (χ3v) is 8.22. The highest BCUT2D eigenvalue weighted by Gasteiger charge is 2.48. The Bertz CT molecular complexity index is 977. The monoisotopic (exact) mass is 512 g/mol. The molecule has 1 heterocycles. The van der Waals surface area contributed by atoms with Crippen LogP contribution in [-0.4, -0.2) is 15.8 Å². The van der Waals surface area contributed by atoms with E-state index < -0.39 is 13.9 Å². The molecular formula is C20H19Br2O4P. The van der Waals surface area contributed by atoms with Crippen LogP contribution in [0.4, 0.5) is 0 Å². The van der Waals surface area contributed by atoms with Crippen molar-refractivity contribution in [2.75, 3.05) is 0 Å². The first-order valence-corrected chi connectivity index (χ1v) is 12.4. The number of hydrogen-bond acceptors (Lipinski definition) is 3. The summed E-state index contributed by atoms with van der Waals surface area (Å²) in [6, 6.07) is 10.4. The van der Waals surface area contributed by atoms with Gasteiger partial charge in [-0.2, -0.15) is 0 Å². The lowest BCUT2D eigenvalue weighted by Crippen LogP contribution is -2.37. The number of aryl methyl sites for hydroxylation is 1. The Balaban J connectivity index is 1.84. The molecule has 0 saturated heterocycles. The van der Waals surface area contributed by atoms with Crippen molar-refractivity contribution in [3.8, 4) is 5.75 Å². The standard InChI is InChI=1S/C20H19Br2O4P/c21-15-9-11-5-1-3-7-13(11)17-18-14-8-4-2-6-12(14)10-16(22)20(18)26-27(23,24)25-19(15)17/h1,3,5,7,10,15,17,19H,2,4,6,8-9H2,(H,23,24)/t15?,17-,19-/m1/s1. The van der Waals surface area contributed by atoms with Gasteiger partial charge in [-0.15, -0.1) is 0 Å². The Morgan fingerprint density at radius 1 is 1.15 bits per heavy atom. The first-order valence-electron chi connectivity index (χ1n) is 9.21. The van der Waals surface area contributed by atoms with E-state index in [0.717, 1.165) is 41.3 Å². The minimum Gasteiger partial charge on any atom is -0.403 e. The lowest BCUT2D eigenvalue weighted by atomic mass is 9.73. The van der Waals surface area contributed by atoms with Gasteiger partial charge in [0.05, 0.1) is 10.6 Å². The van der Waals surface area contributed by atoms with Gasteiger partial charge in [0, 0.05) is 16.3 Å². The van der Waals surface area contributed by atoms with Gasteiger partial charge in [-0.25, -0.2) is 4.57 Å². The highest BCUT2D eigenvalue weighted by molar-refractivity contribution is 9.10. The molecule has 7 heteroatoms. The zero-order valence-electron chi connectivity index (χ0n) is 14.5. The highest BCUT2D eigenvalue weighted by atomic mass is 79.9. The second kappa shape index (κ2) is 6.70. The third-order valence-electron chi connectivity index (χ3n) is 5.86. The van der Waals surface area contributed by atoms with Crippen LogP contribution < -0.4 is 4.52 Å². The van der Waals surface area contributed by atoms with Gasteiger partial charge in [0.15, 0.2) is 0 Å². The molecule has 0 spiro atoms. The molecule has 2 aromatic rings. The molecule has 142 valence electrons. The Labute approximate surface area is 175 Å². The quantitative estimate of drug-likeness (QED) is 0.365. The van der Waals surface area contributed by atoms with Crippen molar-refractivity contribution < 1.29 is 18.5 Å². The zero-order valence-corrected chi connectivity index (χ0v) is 18.6. The minimum atomic E-state index is -4.22. The number of halogens is 2. The Morgan fingerprint density at radius 3 is 2.78 bits per heavy atom. The number of benzene rings is 2. The van der Waals surface area contributed by atoms with E-state index in [2.05, 4.69) is 44.0 Å². The summed E-state index contributed by atoms with van der Waals surface area (Å²) in [5.41, 5.74) is 5.99. The van der Waals surface area contributed by atoms with Crippen molar-refractivity contribution in [2.45, 2.75) is 49.0 Å². The van der Waals surface area contributed by atoms with Gasteiger partial charge < -0.3 is 4.52 Å². The van der Waals surface area contributed by atoms with Crippen LogP contribution >= 0.6 is 39.7 Å². The zero-order chi connectivity index (χ0) is 18.8. The van der Waals surface area contributed by atoms with Crippen LogP contribution in [0.2, 0.25) is 0 Å². The number of phosphoric ester groups is 1. The van der Waals surface area contributed by atoms with E-state index in [-0.39, 0.29) is 10.7 Å². The van der Waals surface area contributed by atoms with Crippen LogP contribution in [0, 0.1) is 0 Å². The molecule has 1 aliphatic heterocycles. The van der Waals surface area contributed by atoms with Crippen LogP contribution in [-0.2, 0) is 28.4 Å². The molecule has 0 saturated carbocycles. The molecule has 0 aromatic heterocycles. The third kappa shape index (κ3) is 3.05. The first-order chi connectivity index (χ1) is 12.9. The number of phosphoric acid groups is 1. The van der Waals surface area contributed by atoms with Crippen molar-refractivity contribution in [3.05, 3.63) is 62.6 Å². The average Bonchev–Trinajstić information content (AvgIpc) is 2.76. The molecule has 5 rings (SSSR count). The summed E-state index contributed by atoms with van der Waals surface area (Å²) in [6.45, 7) is 0. The summed E-state index contributed by atoms with van der Waals surface area (Å²) in [7, 11) is -4.22. The highest BCUT2D eigenvalue weighted by Crippen LogP contribution is 2.59. The molecule has 1 N–H and O–H groups in total. The van der Waals surface area contributed by atoms with Gasteiger partial charge >= 0.3 is 7.82 Å². The van der Waals surface area contributed by atoms with E-state index in [1.807, 2.05) is 18.2 Å². The van der Waals surface area contributed by atoms with Crippen molar-refractivity contribution >= 4 is 39.7 Å². The molecule has 0 fully saturated rings. The van der Waals surface area contributed by atoms with E-state index in [0.29, 0.717) is 5.75 Å². The molecule has 27 heavy (non-hydrogen) atoms. The molecule has 0 bridgehead atoms. The molecular weight excluding hydrogens is 495 g/mol. The lowest BCUT2D eigenvalue weighted by molar-refractivity contribution is 0.129. The van der Waals surface area contributed by atoms with Gasteiger partial charge in [-0.3, -0.25) is 9.42 Å². The Hall–Kier alpha value is -0.650. The SMILES string of the molecule is O=P1(O)Oc2c(Br)cc3c(c2[C@H]2c4ccccc4CC(Br)[C@H]2O1)CCCC3. The second-order valence-corrected chi connectivity index (χ2v) is 10.8. The predicted molar refractivity (Wildman–Crippen MR) is 111 cm³/mol. The summed E-state index contributed by atoms with van der Waals surface area (Å²) in [5.74, 6) is 0.326. The normalized spacial score (nSPS) is 31.6. The van der Waals surface area contributed by atoms with E-state index in [1.165, 1.54) is 23.1 Å². The summed E-state index contributed by atoms with van der Waals surface area (Å²) in [5, 5.41) is 0. The van der Waals surface area contributed by atoms with Crippen LogP contribution in [0.15, 0.2) is 34.8 Å². The fourth-order valence-corrected chi connectivity index (χ4v) is 7.45. The average molecular weight is 514 g/mol. The van der Waals surface area contributed by atoms with Gasteiger partial charge in [0.25, 0.3) is 0 Å². The lowest BCUT2D eigenvalue weighted by Gasteiger charge is -2.37. The smallest absolute Gasteiger partial charge is 0.403 e. The summed E-state index contributed by atoms with van der Waals surface area (Å²) < 4.78 is 24.8. The molecule has 4 atom stereocenters.